The third kappa shape index (κ3) is 3.09. The van der Waals surface area contributed by atoms with E-state index in [0.717, 1.165) is 12.1 Å². The van der Waals surface area contributed by atoms with E-state index in [0.29, 0.717) is 0 Å². The zero-order valence-corrected chi connectivity index (χ0v) is 8.60. The van der Waals surface area contributed by atoms with Crippen molar-refractivity contribution >= 4 is 11.7 Å². The average Bonchev–Trinajstić information content (AvgIpc) is 2.20. The number of nitro benzene ring substituents is 1. The van der Waals surface area contributed by atoms with Gasteiger partial charge in [0.15, 0.2) is 0 Å². The smallest absolute Gasteiger partial charge is 0.387 e. The van der Waals surface area contributed by atoms with Crippen LogP contribution in [0.25, 0.3) is 0 Å². The van der Waals surface area contributed by atoms with Crippen molar-refractivity contribution in [3.8, 4) is 5.75 Å². The number of nitrogens with zero attached hydrogens (tertiary/aromatic N) is 1. The summed E-state index contributed by atoms with van der Waals surface area (Å²) in [5.74, 6) is -3.87. The van der Waals surface area contributed by atoms with Crippen LogP contribution >= 0.6 is 0 Å². The van der Waals surface area contributed by atoms with Gasteiger partial charge >= 0.3 is 18.3 Å². The summed E-state index contributed by atoms with van der Waals surface area (Å²) in [6.07, 6.45) is -0.804. The maximum absolute atomic E-state index is 13.6. The number of carbonyl (C=O) groups is 1. The van der Waals surface area contributed by atoms with Crippen LogP contribution in [0.2, 0.25) is 0 Å². The van der Waals surface area contributed by atoms with Crippen molar-refractivity contribution < 1.29 is 32.7 Å². The first-order valence-electron chi connectivity index (χ1n) is 4.45. The number of rotatable bonds is 5. The van der Waals surface area contributed by atoms with Gasteiger partial charge in [-0.3, -0.25) is 14.9 Å². The van der Waals surface area contributed by atoms with Crippen molar-refractivity contribution in [3.63, 3.8) is 0 Å². The fraction of sp³-hybridized carbons (Fsp3) is 0.222. The van der Waals surface area contributed by atoms with Gasteiger partial charge in [0.05, 0.1) is 11.3 Å². The quantitative estimate of drug-likeness (QED) is 0.649. The lowest BCUT2D eigenvalue weighted by Gasteiger charge is -2.07. The first kappa shape index (κ1) is 13.7. The molecule has 18 heavy (non-hydrogen) atoms. The molecule has 0 aliphatic rings. The van der Waals surface area contributed by atoms with Crippen molar-refractivity contribution in [2.75, 3.05) is 0 Å². The number of carboxylic acids is 1. The van der Waals surface area contributed by atoms with Gasteiger partial charge in [-0.1, -0.05) is 6.07 Å². The summed E-state index contributed by atoms with van der Waals surface area (Å²) in [4.78, 5) is 19.7. The number of aliphatic carboxylic acids is 1. The molecule has 0 aliphatic carbocycles. The molecule has 0 aliphatic heterocycles. The van der Waals surface area contributed by atoms with E-state index in [1.54, 1.807) is 0 Å². The van der Waals surface area contributed by atoms with E-state index < -0.39 is 46.7 Å². The van der Waals surface area contributed by atoms with Crippen LogP contribution < -0.4 is 4.74 Å². The van der Waals surface area contributed by atoms with Gasteiger partial charge in [0, 0.05) is 5.56 Å². The highest BCUT2D eigenvalue weighted by molar-refractivity contribution is 5.71. The van der Waals surface area contributed by atoms with E-state index in [1.807, 2.05) is 0 Å². The van der Waals surface area contributed by atoms with Crippen molar-refractivity contribution in [2.45, 2.75) is 13.0 Å². The van der Waals surface area contributed by atoms with Crippen LogP contribution in [0.5, 0.6) is 5.75 Å². The number of hydrogen-bond acceptors (Lipinski definition) is 4. The largest absolute Gasteiger partial charge is 0.481 e. The molecule has 0 atom stereocenters. The fourth-order valence-corrected chi connectivity index (χ4v) is 1.25. The summed E-state index contributed by atoms with van der Waals surface area (Å²) in [5, 5.41) is 19.0. The van der Waals surface area contributed by atoms with Crippen LogP contribution in [-0.2, 0) is 11.2 Å². The molecule has 98 valence electrons. The topological polar surface area (TPSA) is 89.7 Å². The molecule has 0 aromatic heterocycles. The molecular weight excluding hydrogens is 259 g/mol. The molecule has 0 saturated heterocycles. The number of alkyl halides is 2. The predicted molar refractivity (Wildman–Crippen MR) is 51.0 cm³/mol. The Bertz CT molecular complexity index is 491. The third-order valence-electron chi connectivity index (χ3n) is 1.90. The molecule has 1 aromatic rings. The molecule has 0 saturated carbocycles. The third-order valence-corrected chi connectivity index (χ3v) is 1.90. The van der Waals surface area contributed by atoms with Gasteiger partial charge in [-0.25, -0.2) is 0 Å². The van der Waals surface area contributed by atoms with Crippen LogP contribution in [0.3, 0.4) is 0 Å². The summed E-state index contributed by atoms with van der Waals surface area (Å²) < 4.78 is 41.2. The Hall–Kier alpha value is -2.32. The van der Waals surface area contributed by atoms with E-state index in [4.69, 9.17) is 5.11 Å². The molecule has 0 spiro atoms. The molecule has 0 amide bonds. The van der Waals surface area contributed by atoms with Crippen LogP contribution in [0.15, 0.2) is 12.1 Å². The molecule has 0 heterocycles. The number of carboxylic acid groups (broad SMARTS) is 1. The number of halogens is 3. The van der Waals surface area contributed by atoms with Gasteiger partial charge in [-0.15, -0.1) is 0 Å². The minimum atomic E-state index is -3.35. The van der Waals surface area contributed by atoms with Crippen LogP contribution in [0.4, 0.5) is 18.9 Å². The standard InChI is InChI=1S/C9H6F3NO5/c10-7-4(3-6(14)15)1-2-5(18-9(11)12)8(7)13(16)17/h1-2,9H,3H2,(H,14,15). The molecule has 9 heteroatoms. The van der Waals surface area contributed by atoms with E-state index in [-0.39, 0.29) is 0 Å². The van der Waals surface area contributed by atoms with Crippen molar-refractivity contribution in [1.82, 2.24) is 0 Å². The zero-order chi connectivity index (χ0) is 13.9. The first-order valence-corrected chi connectivity index (χ1v) is 4.45. The van der Waals surface area contributed by atoms with E-state index >= 15 is 0 Å². The predicted octanol–water partition coefficient (Wildman–Crippen LogP) is 1.96. The van der Waals surface area contributed by atoms with E-state index in [2.05, 4.69) is 4.74 Å². The summed E-state index contributed by atoms with van der Waals surface area (Å²) in [6, 6.07) is 1.57. The molecule has 6 nitrogen and oxygen atoms in total. The Kier molecular flexibility index (Phi) is 4.08. The van der Waals surface area contributed by atoms with E-state index in [1.165, 1.54) is 0 Å². The van der Waals surface area contributed by atoms with Gasteiger partial charge in [0.1, 0.15) is 0 Å². The molecule has 0 fully saturated rings. The van der Waals surface area contributed by atoms with Gasteiger partial charge < -0.3 is 9.84 Å². The summed E-state index contributed by atoms with van der Waals surface area (Å²) >= 11 is 0. The highest BCUT2D eigenvalue weighted by Gasteiger charge is 2.27. The molecular formula is C9H6F3NO5. The van der Waals surface area contributed by atoms with Crippen molar-refractivity contribution in [3.05, 3.63) is 33.6 Å². The lowest BCUT2D eigenvalue weighted by molar-refractivity contribution is -0.389. The number of nitro groups is 1. The monoisotopic (exact) mass is 265 g/mol. The van der Waals surface area contributed by atoms with Crippen molar-refractivity contribution in [1.29, 1.82) is 0 Å². The molecule has 1 N–H and O–H groups in total. The summed E-state index contributed by atoms with van der Waals surface area (Å²) in [5.41, 5.74) is -1.80. The van der Waals surface area contributed by atoms with Gasteiger partial charge in [0.2, 0.25) is 11.6 Å². The van der Waals surface area contributed by atoms with Gasteiger partial charge in [-0.05, 0) is 6.07 Å². The maximum Gasteiger partial charge on any atom is 0.387 e. The first-order chi connectivity index (χ1) is 8.32. The summed E-state index contributed by atoms with van der Waals surface area (Å²) in [6.45, 7) is -3.35. The number of ether oxygens (including phenoxy) is 1. The Morgan fingerprint density at radius 3 is 2.56 bits per heavy atom. The Labute approximate surface area is 97.7 Å². The maximum atomic E-state index is 13.6. The second-order valence-corrected chi connectivity index (χ2v) is 3.09. The Balaban J connectivity index is 3.28. The fourth-order valence-electron chi connectivity index (χ4n) is 1.25. The lowest BCUT2D eigenvalue weighted by atomic mass is 10.1. The van der Waals surface area contributed by atoms with Crippen LogP contribution in [0, 0.1) is 15.9 Å². The molecule has 0 radical (unpaired) electrons. The molecule has 1 aromatic carbocycles. The molecule has 0 bridgehead atoms. The number of hydrogen-bond donors (Lipinski definition) is 1. The second kappa shape index (κ2) is 5.34. The Morgan fingerprint density at radius 1 is 1.50 bits per heavy atom. The SMILES string of the molecule is O=C(O)Cc1ccc(OC(F)F)c([N+](=O)[O-])c1F. The van der Waals surface area contributed by atoms with E-state index in [9.17, 15) is 28.1 Å². The number of benzene rings is 1. The van der Waals surface area contributed by atoms with Gasteiger partial charge in [0.25, 0.3) is 0 Å². The normalized spacial score (nSPS) is 10.4. The highest BCUT2D eigenvalue weighted by Crippen LogP contribution is 2.33. The molecule has 0 unspecified atom stereocenters. The summed E-state index contributed by atoms with van der Waals surface area (Å²) in [7, 11) is 0. The average molecular weight is 265 g/mol. The second-order valence-electron chi connectivity index (χ2n) is 3.09. The van der Waals surface area contributed by atoms with Crippen LogP contribution in [-0.4, -0.2) is 22.6 Å². The minimum absolute atomic E-state index is 0.490. The van der Waals surface area contributed by atoms with Crippen LogP contribution in [0.1, 0.15) is 5.56 Å². The molecule has 1 rings (SSSR count). The lowest BCUT2D eigenvalue weighted by Crippen LogP contribution is -2.09. The minimum Gasteiger partial charge on any atom is -0.481 e. The van der Waals surface area contributed by atoms with Crippen molar-refractivity contribution in [2.24, 2.45) is 0 Å². The Morgan fingerprint density at radius 2 is 2.11 bits per heavy atom. The zero-order valence-electron chi connectivity index (χ0n) is 8.60. The van der Waals surface area contributed by atoms with Gasteiger partial charge in [-0.2, -0.15) is 13.2 Å². The highest BCUT2D eigenvalue weighted by atomic mass is 19.3.